The fourth-order valence-corrected chi connectivity index (χ4v) is 4.16. The first-order valence-electron chi connectivity index (χ1n) is 10.0. The minimum Gasteiger partial charge on any atom is -0.493 e. The van der Waals surface area contributed by atoms with Crippen LogP contribution in [0.2, 0.25) is 0 Å². The maximum atomic E-state index is 12.5. The molecule has 1 saturated heterocycles. The number of ether oxygens (including phenoxy) is 2. The summed E-state index contributed by atoms with van der Waals surface area (Å²) in [6.07, 6.45) is 2.25. The lowest BCUT2D eigenvalue weighted by Gasteiger charge is -2.26. The molecule has 11 nitrogen and oxygen atoms in total. The molecule has 3 rings (SSSR count). The number of hydrogen-bond donors (Lipinski definition) is 2. The molecule has 0 unspecified atom stereocenters. The van der Waals surface area contributed by atoms with Crippen LogP contribution in [0.3, 0.4) is 0 Å². The van der Waals surface area contributed by atoms with Crippen molar-refractivity contribution in [1.29, 1.82) is 5.26 Å². The molecular weight excluding hydrogens is 436 g/mol. The van der Waals surface area contributed by atoms with Crippen LogP contribution in [0.1, 0.15) is 18.4 Å². The normalized spacial score (nSPS) is 14.7. The zero-order chi connectivity index (χ0) is 23.3. The Morgan fingerprint density at radius 1 is 1.22 bits per heavy atom. The average Bonchev–Trinajstić information content (AvgIpc) is 3.02. The number of carbonyl (C=O) groups excluding carboxylic acids is 1. The number of pyridine rings is 1. The third kappa shape index (κ3) is 5.37. The molecule has 1 aliphatic rings. The maximum absolute atomic E-state index is 12.5. The summed E-state index contributed by atoms with van der Waals surface area (Å²) < 4.78 is 34.9. The molecular formula is C20H26N6O5S. The largest absolute Gasteiger partial charge is 0.493 e. The van der Waals surface area contributed by atoms with Crippen LogP contribution in [0.5, 0.6) is 11.5 Å². The Kier molecular flexibility index (Phi) is 7.34. The van der Waals surface area contributed by atoms with Gasteiger partial charge in [-0.1, -0.05) is 0 Å². The number of nitrogens with one attached hydrogen (secondary N) is 1. The van der Waals surface area contributed by atoms with Gasteiger partial charge in [-0.25, -0.2) is 9.86 Å². The van der Waals surface area contributed by atoms with E-state index in [9.17, 15) is 18.5 Å². The molecule has 32 heavy (non-hydrogen) atoms. The fourth-order valence-electron chi connectivity index (χ4n) is 3.78. The van der Waals surface area contributed by atoms with E-state index in [4.69, 9.17) is 14.6 Å². The zero-order valence-electron chi connectivity index (χ0n) is 18.0. The van der Waals surface area contributed by atoms with Crippen molar-refractivity contribution in [1.82, 2.24) is 14.6 Å². The summed E-state index contributed by atoms with van der Waals surface area (Å²) in [5.74, 6) is 0.922. The second kappa shape index (κ2) is 9.99. The van der Waals surface area contributed by atoms with Crippen molar-refractivity contribution < 1.29 is 22.7 Å². The second-order valence-corrected chi connectivity index (χ2v) is 8.65. The van der Waals surface area contributed by atoms with E-state index in [1.54, 1.807) is 25.2 Å². The molecule has 12 heteroatoms. The topological polar surface area (TPSA) is 151 Å². The molecule has 0 radical (unpaired) electrons. The van der Waals surface area contributed by atoms with Crippen LogP contribution >= 0.6 is 0 Å². The molecule has 0 saturated carbocycles. The van der Waals surface area contributed by atoms with Crippen LogP contribution in [-0.4, -0.2) is 71.2 Å². The molecule has 0 spiro atoms. The Labute approximate surface area is 186 Å². The first-order chi connectivity index (χ1) is 15.3. The Morgan fingerprint density at radius 2 is 1.94 bits per heavy atom. The van der Waals surface area contributed by atoms with Gasteiger partial charge < -0.3 is 19.3 Å². The summed E-state index contributed by atoms with van der Waals surface area (Å²) in [5, 5.41) is 15.4. The van der Waals surface area contributed by atoms with Crippen LogP contribution < -0.4 is 24.2 Å². The van der Waals surface area contributed by atoms with Crippen LogP contribution in [0, 0.1) is 11.3 Å². The molecule has 1 aliphatic heterocycles. The monoisotopic (exact) mass is 462 g/mol. The Hall–Kier alpha value is -3.14. The Morgan fingerprint density at radius 3 is 2.59 bits per heavy atom. The quantitative estimate of drug-likeness (QED) is 0.598. The first kappa shape index (κ1) is 23.5. The molecule has 1 fully saturated rings. The number of rotatable bonds is 7. The van der Waals surface area contributed by atoms with Crippen LogP contribution in [0.25, 0.3) is 10.9 Å². The van der Waals surface area contributed by atoms with Crippen molar-refractivity contribution in [2.75, 3.05) is 51.8 Å². The van der Waals surface area contributed by atoms with Crippen molar-refractivity contribution in [3.05, 3.63) is 23.9 Å². The van der Waals surface area contributed by atoms with Gasteiger partial charge in [0.25, 0.3) is 10.2 Å². The molecule has 0 atom stereocenters. The molecule has 1 aromatic carbocycles. The van der Waals surface area contributed by atoms with Gasteiger partial charge in [0.1, 0.15) is 6.07 Å². The number of benzene rings is 1. The van der Waals surface area contributed by atoms with Gasteiger partial charge in [-0.3, -0.25) is 9.78 Å². The zero-order valence-corrected chi connectivity index (χ0v) is 18.8. The summed E-state index contributed by atoms with van der Waals surface area (Å²) in [7, 11) is -0.731. The number of anilines is 1. The lowest BCUT2D eigenvalue weighted by Crippen LogP contribution is -2.38. The average molecular weight is 463 g/mol. The van der Waals surface area contributed by atoms with E-state index in [1.807, 2.05) is 6.07 Å². The van der Waals surface area contributed by atoms with Crippen LogP contribution in [0.4, 0.5) is 5.69 Å². The molecule has 1 amide bonds. The van der Waals surface area contributed by atoms with Crippen molar-refractivity contribution in [3.8, 4) is 17.6 Å². The number of methoxy groups -OCH3 is 2. The van der Waals surface area contributed by atoms with E-state index in [-0.39, 0.29) is 18.9 Å². The first-order valence-corrected chi connectivity index (χ1v) is 11.6. The van der Waals surface area contributed by atoms with E-state index >= 15 is 0 Å². The molecule has 1 aromatic heterocycles. The molecule has 3 N–H and O–H groups in total. The Balaban J connectivity index is 1.84. The number of nitriles is 1. The molecule has 0 aliphatic carbocycles. The predicted octanol–water partition coefficient (Wildman–Crippen LogP) is 0.346. The summed E-state index contributed by atoms with van der Waals surface area (Å²) in [6, 6.07) is 5.79. The highest BCUT2D eigenvalue weighted by atomic mass is 32.2. The van der Waals surface area contributed by atoms with Gasteiger partial charge in [0.05, 0.1) is 31.0 Å². The lowest BCUT2D eigenvalue weighted by atomic mass is 10.1. The fraction of sp³-hybridized carbons (Fsp3) is 0.450. The second-order valence-electron chi connectivity index (χ2n) is 7.27. The van der Waals surface area contributed by atoms with Crippen LogP contribution in [0.15, 0.2) is 18.3 Å². The van der Waals surface area contributed by atoms with Gasteiger partial charge in [-0.05, 0) is 12.5 Å². The number of fused-ring (bicyclic) bond motifs is 1. The van der Waals surface area contributed by atoms with E-state index in [2.05, 4.69) is 20.7 Å². The summed E-state index contributed by atoms with van der Waals surface area (Å²) in [5.41, 5.74) is 1.84. The highest BCUT2D eigenvalue weighted by molar-refractivity contribution is 7.87. The van der Waals surface area contributed by atoms with Crippen molar-refractivity contribution in [2.24, 2.45) is 5.14 Å². The summed E-state index contributed by atoms with van der Waals surface area (Å²) >= 11 is 0. The van der Waals surface area contributed by atoms with Gasteiger partial charge in [-0.2, -0.15) is 13.7 Å². The smallest absolute Gasteiger partial charge is 0.274 e. The van der Waals surface area contributed by atoms with E-state index in [1.165, 1.54) is 6.20 Å². The number of nitrogens with two attached hydrogens (primary N) is 1. The van der Waals surface area contributed by atoms with Crippen molar-refractivity contribution in [2.45, 2.75) is 12.8 Å². The van der Waals surface area contributed by atoms with Gasteiger partial charge in [0.2, 0.25) is 5.91 Å². The highest BCUT2D eigenvalue weighted by Gasteiger charge is 2.23. The standard InChI is InChI=1S/C20H26N6O5S/c1-30-17-10-15-16(11-18(17)31-2)23-13-14(12-21)20(15)26-7-3-6-25(8-9-26)19(27)4-5-24-32(22,28)29/h10-11,13,24H,3-9H2,1-2H3,(H2,22,28,29). The lowest BCUT2D eigenvalue weighted by molar-refractivity contribution is -0.130. The summed E-state index contributed by atoms with van der Waals surface area (Å²) in [6.45, 7) is 2.08. The van der Waals surface area contributed by atoms with E-state index in [0.29, 0.717) is 55.2 Å². The van der Waals surface area contributed by atoms with Gasteiger partial charge in [0, 0.05) is 56.8 Å². The van der Waals surface area contributed by atoms with Crippen molar-refractivity contribution >= 4 is 32.7 Å². The summed E-state index contributed by atoms with van der Waals surface area (Å²) in [4.78, 5) is 20.7. The molecule has 2 aromatic rings. The SMILES string of the molecule is COc1cc2ncc(C#N)c(N3CCCN(C(=O)CCNS(N)(=O)=O)CC3)c2cc1OC. The molecule has 0 bridgehead atoms. The molecule has 2 heterocycles. The van der Waals surface area contributed by atoms with Gasteiger partial charge in [-0.15, -0.1) is 0 Å². The minimum absolute atomic E-state index is 0.0229. The minimum atomic E-state index is -3.83. The third-order valence-corrected chi connectivity index (χ3v) is 5.88. The van der Waals surface area contributed by atoms with Gasteiger partial charge in [0.15, 0.2) is 11.5 Å². The van der Waals surface area contributed by atoms with Crippen LogP contribution in [-0.2, 0) is 15.0 Å². The number of hydrogen-bond acceptors (Lipinski definition) is 8. The predicted molar refractivity (Wildman–Crippen MR) is 119 cm³/mol. The van der Waals surface area contributed by atoms with Gasteiger partial charge >= 0.3 is 0 Å². The third-order valence-electron chi connectivity index (χ3n) is 5.27. The molecule has 172 valence electrons. The maximum Gasteiger partial charge on any atom is 0.274 e. The Bertz CT molecular complexity index is 1150. The van der Waals surface area contributed by atoms with E-state index < -0.39 is 10.2 Å². The number of aromatic nitrogens is 1. The van der Waals surface area contributed by atoms with E-state index in [0.717, 1.165) is 11.1 Å². The van der Waals surface area contributed by atoms with Crippen molar-refractivity contribution in [3.63, 3.8) is 0 Å². The number of nitrogens with zero attached hydrogens (tertiary/aromatic N) is 4. The number of carbonyl (C=O) groups is 1. The number of amides is 1. The highest BCUT2D eigenvalue weighted by Crippen LogP contribution is 2.37.